The summed E-state index contributed by atoms with van der Waals surface area (Å²) < 4.78 is 22.4. The number of hydrogen-bond donors (Lipinski definition) is 2. The van der Waals surface area contributed by atoms with E-state index in [1.165, 1.54) is 12.1 Å². The first kappa shape index (κ1) is 13.8. The van der Waals surface area contributed by atoms with E-state index in [-0.39, 0.29) is 16.7 Å². The summed E-state index contributed by atoms with van der Waals surface area (Å²) >= 11 is 0. The third-order valence-corrected chi connectivity index (χ3v) is 3.92. The van der Waals surface area contributed by atoms with Crippen molar-refractivity contribution in [2.24, 2.45) is 11.1 Å². The number of carbonyl (C=O) groups excluding carboxylic acids is 1. The zero-order chi connectivity index (χ0) is 13.9. The molecule has 0 spiro atoms. The monoisotopic (exact) mass is 280 g/mol. The number of sulfonamides is 1. The molecule has 0 radical (unpaired) electrons. The van der Waals surface area contributed by atoms with Crippen molar-refractivity contribution >= 4 is 21.6 Å². The molecule has 19 heavy (non-hydrogen) atoms. The molecule has 1 aliphatic rings. The Kier molecular flexibility index (Phi) is 4.01. The number of primary sulfonamides is 1. The molecule has 0 fully saturated rings. The van der Waals surface area contributed by atoms with Crippen LogP contribution in [0.4, 0.5) is 5.69 Å². The number of anilines is 1. The van der Waals surface area contributed by atoms with Crippen LogP contribution >= 0.6 is 0 Å². The number of amides is 1. The number of nitrogens with one attached hydrogen (secondary N) is 1. The van der Waals surface area contributed by atoms with Gasteiger partial charge in [0.15, 0.2) is 0 Å². The van der Waals surface area contributed by atoms with Crippen molar-refractivity contribution in [2.75, 3.05) is 5.32 Å². The maximum absolute atomic E-state index is 11.8. The molecule has 1 aliphatic carbocycles. The Bertz CT molecular complexity index is 608. The standard InChI is InChI=1S/C13H16N2O3S/c14-19(17,18)12-7-3-6-11(9-12)15-13(16)8-10-4-1-2-5-10/h1,3-4,6-7,9-10H,2,5,8H2,(H,15,16)(H2,14,17,18). The molecule has 1 amide bonds. The van der Waals surface area contributed by atoms with Crippen LogP contribution in [0, 0.1) is 5.92 Å². The number of allylic oxidation sites excluding steroid dienone is 2. The molecule has 0 aromatic heterocycles. The number of rotatable bonds is 4. The van der Waals surface area contributed by atoms with Crippen LogP contribution in [0.2, 0.25) is 0 Å². The number of carbonyl (C=O) groups is 1. The molecule has 1 aromatic rings. The SMILES string of the molecule is NS(=O)(=O)c1cccc(NC(=O)CC2C=CCC2)c1. The topological polar surface area (TPSA) is 89.3 Å². The van der Waals surface area contributed by atoms with Crippen molar-refractivity contribution < 1.29 is 13.2 Å². The van der Waals surface area contributed by atoms with Crippen LogP contribution in [0.15, 0.2) is 41.3 Å². The lowest BCUT2D eigenvalue weighted by Crippen LogP contribution is -2.16. The lowest BCUT2D eigenvalue weighted by atomic mass is 10.1. The van der Waals surface area contributed by atoms with Crippen LogP contribution in [0.25, 0.3) is 0 Å². The zero-order valence-corrected chi connectivity index (χ0v) is 11.2. The number of nitrogens with two attached hydrogens (primary N) is 1. The van der Waals surface area contributed by atoms with E-state index in [1.807, 2.05) is 6.08 Å². The van der Waals surface area contributed by atoms with Crippen LogP contribution < -0.4 is 10.5 Å². The van der Waals surface area contributed by atoms with Crippen molar-refractivity contribution in [3.8, 4) is 0 Å². The molecule has 0 bridgehead atoms. The molecule has 6 heteroatoms. The minimum absolute atomic E-state index is 0.00828. The first-order valence-electron chi connectivity index (χ1n) is 6.04. The van der Waals surface area contributed by atoms with E-state index >= 15 is 0 Å². The highest BCUT2D eigenvalue weighted by atomic mass is 32.2. The van der Waals surface area contributed by atoms with Gasteiger partial charge >= 0.3 is 0 Å². The summed E-state index contributed by atoms with van der Waals surface area (Å²) in [6, 6.07) is 5.93. The van der Waals surface area contributed by atoms with E-state index in [4.69, 9.17) is 5.14 Å². The lowest BCUT2D eigenvalue weighted by molar-refractivity contribution is -0.116. The quantitative estimate of drug-likeness (QED) is 0.821. The summed E-state index contributed by atoms with van der Waals surface area (Å²) in [5, 5.41) is 7.73. The highest BCUT2D eigenvalue weighted by molar-refractivity contribution is 7.89. The van der Waals surface area contributed by atoms with Gasteiger partial charge in [0.25, 0.3) is 0 Å². The van der Waals surface area contributed by atoms with E-state index in [0.29, 0.717) is 12.1 Å². The molecule has 0 aliphatic heterocycles. The fraction of sp³-hybridized carbons (Fsp3) is 0.308. The summed E-state index contributed by atoms with van der Waals surface area (Å²) in [7, 11) is -3.75. The lowest BCUT2D eigenvalue weighted by Gasteiger charge is -2.09. The molecule has 1 atom stereocenters. The number of benzene rings is 1. The molecule has 1 unspecified atom stereocenters. The summed E-state index contributed by atoms with van der Waals surface area (Å²) in [6.07, 6.45) is 6.53. The Morgan fingerprint density at radius 1 is 1.42 bits per heavy atom. The molecule has 0 saturated carbocycles. The summed E-state index contributed by atoms with van der Waals surface area (Å²) in [5.41, 5.74) is 0.443. The average molecular weight is 280 g/mol. The minimum Gasteiger partial charge on any atom is -0.326 e. The predicted molar refractivity (Wildman–Crippen MR) is 72.9 cm³/mol. The molecular formula is C13H16N2O3S. The van der Waals surface area contributed by atoms with Crippen molar-refractivity contribution in [3.05, 3.63) is 36.4 Å². The van der Waals surface area contributed by atoms with Gasteiger partial charge < -0.3 is 5.32 Å². The van der Waals surface area contributed by atoms with Crippen LogP contribution in [0.1, 0.15) is 19.3 Å². The molecule has 0 heterocycles. The van der Waals surface area contributed by atoms with E-state index in [1.54, 1.807) is 12.1 Å². The molecule has 2 rings (SSSR count). The van der Waals surface area contributed by atoms with Gasteiger partial charge in [-0.25, -0.2) is 13.6 Å². The van der Waals surface area contributed by atoms with Crippen molar-refractivity contribution in [1.82, 2.24) is 0 Å². The maximum atomic E-state index is 11.8. The van der Waals surface area contributed by atoms with E-state index in [9.17, 15) is 13.2 Å². The van der Waals surface area contributed by atoms with Gasteiger partial charge in [-0.15, -0.1) is 0 Å². The third kappa shape index (κ3) is 3.90. The average Bonchev–Trinajstić information content (AvgIpc) is 2.80. The van der Waals surface area contributed by atoms with Crippen LogP contribution in [-0.2, 0) is 14.8 Å². The van der Waals surface area contributed by atoms with Gasteiger partial charge in [0.2, 0.25) is 15.9 Å². The second kappa shape index (κ2) is 5.54. The largest absolute Gasteiger partial charge is 0.326 e. The highest BCUT2D eigenvalue weighted by Gasteiger charge is 2.15. The molecule has 5 nitrogen and oxygen atoms in total. The number of hydrogen-bond acceptors (Lipinski definition) is 3. The molecule has 1 aromatic carbocycles. The van der Waals surface area contributed by atoms with Gasteiger partial charge in [-0.2, -0.15) is 0 Å². The van der Waals surface area contributed by atoms with Crippen LogP contribution in [0.5, 0.6) is 0 Å². The fourth-order valence-electron chi connectivity index (χ4n) is 2.07. The Hall–Kier alpha value is -1.66. The first-order chi connectivity index (χ1) is 8.95. The van der Waals surface area contributed by atoms with Crippen molar-refractivity contribution in [1.29, 1.82) is 0 Å². The normalized spacial score (nSPS) is 18.5. The Morgan fingerprint density at radius 3 is 2.84 bits per heavy atom. The smallest absolute Gasteiger partial charge is 0.238 e. The molecular weight excluding hydrogens is 264 g/mol. The van der Waals surface area contributed by atoms with Crippen LogP contribution in [0.3, 0.4) is 0 Å². The molecule has 3 N–H and O–H groups in total. The second-order valence-electron chi connectivity index (χ2n) is 4.59. The maximum Gasteiger partial charge on any atom is 0.238 e. The molecule has 0 saturated heterocycles. The van der Waals surface area contributed by atoms with Gasteiger partial charge in [0.1, 0.15) is 0 Å². The molecule has 102 valence electrons. The second-order valence-corrected chi connectivity index (χ2v) is 6.15. The Balaban J connectivity index is 2.02. The summed E-state index contributed by atoms with van der Waals surface area (Å²) in [6.45, 7) is 0. The Labute approximate surface area is 112 Å². The first-order valence-corrected chi connectivity index (χ1v) is 7.59. The van der Waals surface area contributed by atoms with E-state index in [2.05, 4.69) is 11.4 Å². The Morgan fingerprint density at radius 2 is 2.21 bits per heavy atom. The summed E-state index contributed by atoms with van der Waals surface area (Å²) in [5.74, 6) is 0.157. The highest BCUT2D eigenvalue weighted by Crippen LogP contribution is 2.21. The van der Waals surface area contributed by atoms with Gasteiger partial charge in [-0.05, 0) is 37.0 Å². The van der Waals surface area contributed by atoms with Crippen molar-refractivity contribution in [3.63, 3.8) is 0 Å². The van der Waals surface area contributed by atoms with Gasteiger partial charge in [0, 0.05) is 12.1 Å². The van der Waals surface area contributed by atoms with E-state index < -0.39 is 10.0 Å². The van der Waals surface area contributed by atoms with Crippen molar-refractivity contribution in [2.45, 2.75) is 24.2 Å². The van der Waals surface area contributed by atoms with E-state index in [0.717, 1.165) is 12.8 Å². The van der Waals surface area contributed by atoms with Gasteiger partial charge in [-0.1, -0.05) is 18.2 Å². The predicted octanol–water partition coefficient (Wildman–Crippen LogP) is 1.63. The minimum atomic E-state index is -3.75. The van der Waals surface area contributed by atoms with Crippen LogP contribution in [-0.4, -0.2) is 14.3 Å². The van der Waals surface area contributed by atoms with Gasteiger partial charge in [-0.3, -0.25) is 4.79 Å². The third-order valence-electron chi connectivity index (χ3n) is 3.01. The summed E-state index contributed by atoms with van der Waals surface area (Å²) in [4.78, 5) is 11.8. The fourth-order valence-corrected chi connectivity index (χ4v) is 2.63. The zero-order valence-electron chi connectivity index (χ0n) is 10.4. The van der Waals surface area contributed by atoms with Gasteiger partial charge in [0.05, 0.1) is 4.90 Å².